The van der Waals surface area contributed by atoms with Crippen LogP contribution >= 0.6 is 11.6 Å². The Balaban J connectivity index is 1.90. The molecule has 0 radical (unpaired) electrons. The van der Waals surface area contributed by atoms with Gasteiger partial charge < -0.3 is 5.32 Å². The average Bonchev–Trinajstić information content (AvgIpc) is 2.50. The van der Waals surface area contributed by atoms with Crippen molar-refractivity contribution in [2.75, 3.05) is 5.32 Å². The number of para-hydroxylation sites is 1. The molecular weight excluding hydrogens is 292 g/mol. The fraction of sp³-hybridized carbons (Fsp3) is 0. The van der Waals surface area contributed by atoms with Gasteiger partial charge in [0.25, 0.3) is 0 Å². The van der Waals surface area contributed by atoms with Crippen LogP contribution in [0.3, 0.4) is 0 Å². The van der Waals surface area contributed by atoms with Crippen LogP contribution in [0.2, 0.25) is 5.02 Å². The Morgan fingerprint density at radius 3 is 2.67 bits per heavy atom. The Bertz CT molecular complexity index is 674. The zero-order valence-electron chi connectivity index (χ0n) is 10.8. The van der Waals surface area contributed by atoms with Crippen molar-refractivity contribution in [1.29, 1.82) is 0 Å². The standard InChI is InChI=1S/C14H11ClN4O2/c15-11-5-1-2-6-12(11)18-13(20)14(21)19-17-9-10-4-3-7-16-8-10/h1-9H,(H,18,20)(H,19,21)/b17-9-. The maximum Gasteiger partial charge on any atom is 0.329 e. The molecule has 0 unspecified atom stereocenters. The third-order valence-electron chi connectivity index (χ3n) is 2.39. The number of amides is 2. The van der Waals surface area contributed by atoms with Crippen LogP contribution in [0.15, 0.2) is 53.9 Å². The van der Waals surface area contributed by atoms with E-state index < -0.39 is 11.8 Å². The highest BCUT2D eigenvalue weighted by atomic mass is 35.5. The van der Waals surface area contributed by atoms with E-state index in [4.69, 9.17) is 11.6 Å². The first-order valence-corrected chi connectivity index (χ1v) is 6.33. The molecule has 0 spiro atoms. The molecule has 0 bridgehead atoms. The second kappa shape index (κ2) is 7.16. The highest BCUT2D eigenvalue weighted by molar-refractivity contribution is 6.41. The summed E-state index contributed by atoms with van der Waals surface area (Å²) in [5.74, 6) is -1.75. The van der Waals surface area contributed by atoms with Gasteiger partial charge in [0.2, 0.25) is 0 Å². The van der Waals surface area contributed by atoms with Crippen LogP contribution in [0, 0.1) is 0 Å². The highest BCUT2D eigenvalue weighted by Gasteiger charge is 2.13. The summed E-state index contributed by atoms with van der Waals surface area (Å²) < 4.78 is 0. The summed E-state index contributed by atoms with van der Waals surface area (Å²) in [6, 6.07) is 10.1. The minimum atomic E-state index is -0.893. The smallest absolute Gasteiger partial charge is 0.316 e. The van der Waals surface area contributed by atoms with Crippen molar-refractivity contribution in [3.05, 3.63) is 59.4 Å². The van der Waals surface area contributed by atoms with Crippen molar-refractivity contribution in [3.8, 4) is 0 Å². The molecule has 1 aromatic heterocycles. The second-order valence-electron chi connectivity index (χ2n) is 3.92. The van der Waals surface area contributed by atoms with Gasteiger partial charge in [0.1, 0.15) is 0 Å². The maximum atomic E-state index is 11.6. The minimum Gasteiger partial charge on any atom is -0.316 e. The van der Waals surface area contributed by atoms with Crippen molar-refractivity contribution in [2.45, 2.75) is 0 Å². The van der Waals surface area contributed by atoms with E-state index in [0.29, 0.717) is 16.3 Å². The molecule has 6 nitrogen and oxygen atoms in total. The molecular formula is C14H11ClN4O2. The molecule has 0 aliphatic heterocycles. The van der Waals surface area contributed by atoms with Crippen LogP contribution in [0.25, 0.3) is 0 Å². The lowest BCUT2D eigenvalue weighted by Gasteiger charge is -2.05. The first-order chi connectivity index (χ1) is 10.2. The van der Waals surface area contributed by atoms with Crippen LogP contribution < -0.4 is 10.7 Å². The lowest BCUT2D eigenvalue weighted by Crippen LogP contribution is -2.32. The third-order valence-corrected chi connectivity index (χ3v) is 2.72. The van der Waals surface area contributed by atoms with Crippen molar-refractivity contribution in [1.82, 2.24) is 10.4 Å². The van der Waals surface area contributed by atoms with Crippen LogP contribution in [0.5, 0.6) is 0 Å². The zero-order chi connectivity index (χ0) is 15.1. The number of benzene rings is 1. The lowest BCUT2D eigenvalue weighted by molar-refractivity contribution is -0.136. The van der Waals surface area contributed by atoms with Crippen LogP contribution in [0.1, 0.15) is 5.56 Å². The Morgan fingerprint density at radius 1 is 1.14 bits per heavy atom. The fourth-order valence-corrected chi connectivity index (χ4v) is 1.59. The number of pyridine rings is 1. The maximum absolute atomic E-state index is 11.6. The summed E-state index contributed by atoms with van der Waals surface area (Å²) in [4.78, 5) is 27.1. The van der Waals surface area contributed by atoms with E-state index in [9.17, 15) is 9.59 Å². The Kier molecular flexibility index (Phi) is 5.00. The van der Waals surface area contributed by atoms with Crippen molar-refractivity contribution >= 4 is 35.3 Å². The van der Waals surface area contributed by atoms with Crippen LogP contribution in [-0.4, -0.2) is 23.0 Å². The summed E-state index contributed by atoms with van der Waals surface area (Å²) in [5, 5.41) is 6.40. The molecule has 2 rings (SSSR count). The molecule has 0 atom stereocenters. The summed E-state index contributed by atoms with van der Waals surface area (Å²) in [6.07, 6.45) is 4.57. The predicted octanol–water partition coefficient (Wildman–Crippen LogP) is 1.82. The molecule has 0 aliphatic carbocycles. The average molecular weight is 303 g/mol. The number of nitrogens with zero attached hydrogens (tertiary/aromatic N) is 2. The molecule has 106 valence electrons. The summed E-state index contributed by atoms with van der Waals surface area (Å²) in [5.41, 5.74) is 3.17. The number of halogens is 1. The van der Waals surface area contributed by atoms with Gasteiger partial charge in [0.05, 0.1) is 16.9 Å². The van der Waals surface area contributed by atoms with Crippen LogP contribution in [0.4, 0.5) is 5.69 Å². The third kappa shape index (κ3) is 4.39. The van der Waals surface area contributed by atoms with E-state index in [1.807, 2.05) is 0 Å². The predicted molar refractivity (Wildman–Crippen MR) is 80.1 cm³/mol. The normalized spacial score (nSPS) is 10.3. The van der Waals surface area contributed by atoms with Gasteiger partial charge >= 0.3 is 11.8 Å². The van der Waals surface area contributed by atoms with Gasteiger partial charge in [-0.2, -0.15) is 5.10 Å². The first-order valence-electron chi connectivity index (χ1n) is 5.96. The fourth-order valence-electron chi connectivity index (χ4n) is 1.41. The van der Waals surface area contributed by atoms with Crippen molar-refractivity contribution in [2.24, 2.45) is 5.10 Å². The number of carbonyl (C=O) groups excluding carboxylic acids is 2. The number of nitrogens with one attached hydrogen (secondary N) is 2. The highest BCUT2D eigenvalue weighted by Crippen LogP contribution is 2.19. The number of anilines is 1. The van der Waals surface area contributed by atoms with E-state index in [-0.39, 0.29) is 0 Å². The lowest BCUT2D eigenvalue weighted by atomic mass is 10.3. The molecule has 21 heavy (non-hydrogen) atoms. The van der Waals surface area contributed by atoms with E-state index in [2.05, 4.69) is 20.8 Å². The quantitative estimate of drug-likeness (QED) is 0.515. The minimum absolute atomic E-state index is 0.345. The van der Waals surface area contributed by atoms with Gasteiger partial charge in [-0.05, 0) is 18.2 Å². The van der Waals surface area contributed by atoms with Crippen molar-refractivity contribution < 1.29 is 9.59 Å². The number of aromatic nitrogens is 1. The van der Waals surface area contributed by atoms with E-state index >= 15 is 0 Å². The van der Waals surface area contributed by atoms with E-state index in [0.717, 1.165) is 0 Å². The Labute approximate surface area is 125 Å². The number of hydrogen-bond acceptors (Lipinski definition) is 4. The Morgan fingerprint density at radius 2 is 1.95 bits per heavy atom. The summed E-state index contributed by atoms with van der Waals surface area (Å²) >= 11 is 5.87. The Hall–Kier alpha value is -2.73. The van der Waals surface area contributed by atoms with Gasteiger partial charge in [-0.1, -0.05) is 29.8 Å². The summed E-state index contributed by atoms with van der Waals surface area (Å²) in [6.45, 7) is 0. The van der Waals surface area contributed by atoms with Gasteiger partial charge in [0, 0.05) is 18.0 Å². The molecule has 1 aromatic carbocycles. The number of carbonyl (C=O) groups is 2. The van der Waals surface area contributed by atoms with E-state index in [1.165, 1.54) is 6.21 Å². The monoisotopic (exact) mass is 302 g/mol. The van der Waals surface area contributed by atoms with E-state index in [1.54, 1.807) is 48.8 Å². The number of rotatable bonds is 3. The zero-order valence-corrected chi connectivity index (χ0v) is 11.5. The van der Waals surface area contributed by atoms with Crippen molar-refractivity contribution in [3.63, 3.8) is 0 Å². The molecule has 0 fully saturated rings. The van der Waals surface area contributed by atoms with Gasteiger partial charge in [-0.15, -0.1) is 0 Å². The number of hydrogen-bond donors (Lipinski definition) is 2. The molecule has 2 N–H and O–H groups in total. The molecule has 2 amide bonds. The molecule has 0 saturated carbocycles. The number of hydrazone groups is 1. The molecule has 7 heteroatoms. The van der Waals surface area contributed by atoms with Gasteiger partial charge in [0.15, 0.2) is 0 Å². The van der Waals surface area contributed by atoms with Gasteiger partial charge in [-0.25, -0.2) is 5.43 Å². The molecule has 0 aliphatic rings. The molecule has 0 saturated heterocycles. The summed E-state index contributed by atoms with van der Waals surface area (Å²) in [7, 11) is 0. The first kappa shape index (κ1) is 14.7. The molecule has 2 aromatic rings. The van der Waals surface area contributed by atoms with Crippen LogP contribution in [-0.2, 0) is 9.59 Å². The molecule has 1 heterocycles. The second-order valence-corrected chi connectivity index (χ2v) is 4.33. The topological polar surface area (TPSA) is 83.5 Å². The SMILES string of the molecule is O=C(N/N=C\c1cccnc1)C(=O)Nc1ccccc1Cl. The largest absolute Gasteiger partial charge is 0.329 e. The van der Waals surface area contributed by atoms with Gasteiger partial charge in [-0.3, -0.25) is 14.6 Å².